The predicted molar refractivity (Wildman–Crippen MR) is 105 cm³/mol. The summed E-state index contributed by atoms with van der Waals surface area (Å²) in [6.07, 6.45) is 0.699. The minimum absolute atomic E-state index is 0.101. The number of aryl methyl sites for hydroxylation is 1. The molecule has 0 aliphatic heterocycles. The summed E-state index contributed by atoms with van der Waals surface area (Å²) in [6.45, 7) is 5.50. The minimum Gasteiger partial charge on any atom is -0.357 e. The fraction of sp³-hybridized carbons (Fsp3) is 0.316. The Balaban J connectivity index is 1.92. The molecule has 0 heterocycles. The van der Waals surface area contributed by atoms with E-state index in [0.29, 0.717) is 31.0 Å². The van der Waals surface area contributed by atoms with Crippen molar-refractivity contribution in [3.8, 4) is 0 Å². The molecule has 2 aromatic carbocycles. The summed E-state index contributed by atoms with van der Waals surface area (Å²) in [5.74, 6) is 0.446. The second kappa shape index (κ2) is 9.48. The Morgan fingerprint density at radius 2 is 1.78 bits per heavy atom. The zero-order valence-corrected chi connectivity index (χ0v) is 16.3. The third kappa shape index (κ3) is 6.65. The summed E-state index contributed by atoms with van der Waals surface area (Å²) in [7, 11) is -3.67. The van der Waals surface area contributed by atoms with Crippen molar-refractivity contribution in [2.24, 2.45) is 10.1 Å². The Morgan fingerprint density at radius 3 is 2.37 bits per heavy atom. The van der Waals surface area contributed by atoms with E-state index < -0.39 is 10.0 Å². The van der Waals surface area contributed by atoms with E-state index in [0.717, 1.165) is 17.7 Å². The van der Waals surface area contributed by atoms with Crippen molar-refractivity contribution >= 4 is 16.0 Å². The van der Waals surface area contributed by atoms with Crippen molar-refractivity contribution in [3.63, 3.8) is 0 Å². The summed E-state index contributed by atoms with van der Waals surface area (Å²) in [4.78, 5) is 4.61. The Morgan fingerprint density at radius 1 is 1.11 bits per heavy atom. The fourth-order valence-corrected chi connectivity index (χ4v) is 3.00. The number of rotatable bonds is 7. The number of guanidine groups is 1. The first-order valence-corrected chi connectivity index (χ1v) is 10.2. The number of benzene rings is 2. The van der Waals surface area contributed by atoms with Crippen LogP contribution in [0.3, 0.4) is 0 Å². The summed E-state index contributed by atoms with van der Waals surface area (Å²) in [5, 5.41) is 11.5. The zero-order valence-electron chi connectivity index (χ0n) is 15.5. The van der Waals surface area contributed by atoms with Gasteiger partial charge in [0.2, 0.25) is 10.0 Å². The van der Waals surface area contributed by atoms with Crippen LogP contribution < -0.4 is 15.8 Å². The van der Waals surface area contributed by atoms with Gasteiger partial charge >= 0.3 is 0 Å². The molecular weight excluding hydrogens is 367 g/mol. The maximum atomic E-state index is 13.3. The van der Waals surface area contributed by atoms with Crippen LogP contribution in [0.4, 0.5) is 4.39 Å². The van der Waals surface area contributed by atoms with Crippen LogP contribution in [0.2, 0.25) is 0 Å². The van der Waals surface area contributed by atoms with E-state index in [-0.39, 0.29) is 10.7 Å². The second-order valence-electron chi connectivity index (χ2n) is 6.14. The highest BCUT2D eigenvalue weighted by Crippen LogP contribution is 2.10. The molecule has 0 atom stereocenters. The maximum absolute atomic E-state index is 13.3. The zero-order chi connectivity index (χ0) is 19.9. The van der Waals surface area contributed by atoms with Crippen LogP contribution in [0.25, 0.3) is 0 Å². The molecule has 4 N–H and O–H groups in total. The maximum Gasteiger partial charge on any atom is 0.238 e. The van der Waals surface area contributed by atoms with Gasteiger partial charge < -0.3 is 10.6 Å². The molecule has 8 heteroatoms. The monoisotopic (exact) mass is 392 g/mol. The van der Waals surface area contributed by atoms with Crippen LogP contribution in [-0.4, -0.2) is 27.5 Å². The van der Waals surface area contributed by atoms with Crippen LogP contribution in [-0.2, 0) is 23.0 Å². The van der Waals surface area contributed by atoms with Crippen LogP contribution >= 0.6 is 0 Å². The predicted octanol–water partition coefficient (Wildman–Crippen LogP) is 2.08. The van der Waals surface area contributed by atoms with Crippen LogP contribution in [0, 0.1) is 12.7 Å². The smallest absolute Gasteiger partial charge is 0.238 e. The van der Waals surface area contributed by atoms with Gasteiger partial charge in [0.25, 0.3) is 0 Å². The first-order chi connectivity index (χ1) is 12.8. The molecule has 0 fully saturated rings. The number of hydrogen-bond acceptors (Lipinski definition) is 3. The molecule has 6 nitrogen and oxygen atoms in total. The third-order valence-corrected chi connectivity index (χ3v) is 4.87. The molecule has 0 saturated carbocycles. The lowest BCUT2D eigenvalue weighted by molar-refractivity contribution is 0.597. The molecule has 0 unspecified atom stereocenters. The van der Waals surface area contributed by atoms with Gasteiger partial charge in [-0.1, -0.05) is 24.3 Å². The second-order valence-corrected chi connectivity index (χ2v) is 7.71. The Hall–Kier alpha value is -2.45. The number of aliphatic imine (C=N–C) groups is 1. The lowest BCUT2D eigenvalue weighted by Gasteiger charge is -2.11. The number of hydrogen-bond donors (Lipinski definition) is 3. The summed E-state index contributed by atoms with van der Waals surface area (Å²) < 4.78 is 35.9. The van der Waals surface area contributed by atoms with Crippen LogP contribution in [0.1, 0.15) is 23.6 Å². The Bertz CT molecular complexity index is 896. The number of primary sulfonamides is 1. The molecular formula is C19H25FN4O2S. The highest BCUT2D eigenvalue weighted by atomic mass is 32.2. The van der Waals surface area contributed by atoms with E-state index in [4.69, 9.17) is 5.14 Å². The molecule has 0 radical (unpaired) electrons. The van der Waals surface area contributed by atoms with E-state index in [1.165, 1.54) is 18.2 Å². The van der Waals surface area contributed by atoms with Crippen molar-refractivity contribution in [2.45, 2.75) is 31.7 Å². The summed E-state index contributed by atoms with van der Waals surface area (Å²) in [6, 6.07) is 11.4. The SMILES string of the molecule is CCNC(=NCc1ccc(F)c(C)c1)NCCc1ccc(S(N)(=O)=O)cc1. The van der Waals surface area contributed by atoms with E-state index >= 15 is 0 Å². The highest BCUT2D eigenvalue weighted by Gasteiger charge is 2.06. The molecule has 0 bridgehead atoms. The molecule has 0 aliphatic rings. The van der Waals surface area contributed by atoms with Gasteiger partial charge in [-0.25, -0.2) is 22.9 Å². The molecule has 146 valence electrons. The molecule has 0 aliphatic carbocycles. The number of sulfonamides is 1. The lowest BCUT2D eigenvalue weighted by Crippen LogP contribution is -2.38. The first kappa shape index (κ1) is 20.9. The number of halogens is 1. The molecule has 27 heavy (non-hydrogen) atoms. The standard InChI is InChI=1S/C19H25FN4O2S/c1-3-22-19(24-13-16-6-9-18(20)14(2)12-16)23-11-10-15-4-7-17(8-5-15)27(21,25)26/h4-9,12H,3,10-11,13H2,1-2H3,(H2,21,25,26)(H2,22,23,24). The molecule has 2 rings (SSSR count). The van der Waals surface area contributed by atoms with Crippen molar-refractivity contribution < 1.29 is 12.8 Å². The molecule has 0 spiro atoms. The average molecular weight is 393 g/mol. The number of nitrogens with one attached hydrogen (secondary N) is 2. The van der Waals surface area contributed by atoms with Gasteiger partial charge in [-0.2, -0.15) is 0 Å². The van der Waals surface area contributed by atoms with Crippen molar-refractivity contribution in [1.82, 2.24) is 10.6 Å². The normalized spacial score (nSPS) is 12.1. The van der Waals surface area contributed by atoms with E-state index in [1.54, 1.807) is 31.2 Å². The summed E-state index contributed by atoms with van der Waals surface area (Å²) in [5.41, 5.74) is 2.52. The molecule has 0 aromatic heterocycles. The van der Waals surface area contributed by atoms with Crippen molar-refractivity contribution in [3.05, 3.63) is 65.0 Å². The summed E-state index contributed by atoms with van der Waals surface area (Å²) >= 11 is 0. The van der Waals surface area contributed by atoms with Gasteiger partial charge in [0.1, 0.15) is 5.82 Å². The van der Waals surface area contributed by atoms with Gasteiger partial charge in [0.15, 0.2) is 5.96 Å². The largest absolute Gasteiger partial charge is 0.357 e. The highest BCUT2D eigenvalue weighted by molar-refractivity contribution is 7.89. The number of nitrogens with two attached hydrogens (primary N) is 1. The Kier molecular flexibility index (Phi) is 7.32. The van der Waals surface area contributed by atoms with Gasteiger partial charge in [0.05, 0.1) is 11.4 Å². The van der Waals surface area contributed by atoms with Gasteiger partial charge in [0, 0.05) is 13.1 Å². The molecule has 2 aromatic rings. The van der Waals surface area contributed by atoms with Crippen molar-refractivity contribution in [2.75, 3.05) is 13.1 Å². The lowest BCUT2D eigenvalue weighted by atomic mass is 10.1. The minimum atomic E-state index is -3.67. The average Bonchev–Trinajstić information content (AvgIpc) is 2.62. The Labute approximate surface area is 159 Å². The van der Waals surface area contributed by atoms with Gasteiger partial charge in [-0.3, -0.25) is 0 Å². The van der Waals surface area contributed by atoms with Gasteiger partial charge in [-0.05, 0) is 55.2 Å². The van der Waals surface area contributed by atoms with E-state index in [2.05, 4.69) is 15.6 Å². The third-order valence-electron chi connectivity index (χ3n) is 3.94. The first-order valence-electron chi connectivity index (χ1n) is 8.68. The van der Waals surface area contributed by atoms with Crippen LogP contribution in [0.5, 0.6) is 0 Å². The molecule has 0 amide bonds. The van der Waals surface area contributed by atoms with Gasteiger partial charge in [-0.15, -0.1) is 0 Å². The topological polar surface area (TPSA) is 96.6 Å². The van der Waals surface area contributed by atoms with Crippen molar-refractivity contribution in [1.29, 1.82) is 0 Å². The fourth-order valence-electron chi connectivity index (χ4n) is 2.49. The van der Waals surface area contributed by atoms with E-state index in [9.17, 15) is 12.8 Å². The van der Waals surface area contributed by atoms with Crippen LogP contribution in [0.15, 0.2) is 52.4 Å². The number of nitrogens with zero attached hydrogens (tertiary/aromatic N) is 1. The quantitative estimate of drug-likeness (QED) is 0.496. The molecule has 0 saturated heterocycles. The van der Waals surface area contributed by atoms with E-state index in [1.807, 2.05) is 6.92 Å².